The zero-order valence-electron chi connectivity index (χ0n) is 20.0. The Hall–Kier alpha value is -4.41. The van der Waals surface area contributed by atoms with Crippen LogP contribution in [0.1, 0.15) is 31.7 Å². The second-order valence-corrected chi connectivity index (χ2v) is 7.99. The monoisotopic (exact) mass is 490 g/mol. The van der Waals surface area contributed by atoms with Crippen LogP contribution in [-0.2, 0) is 4.79 Å². The summed E-state index contributed by atoms with van der Waals surface area (Å²) in [5.41, 5.74) is 4.46. The number of carbonyl (C=O) groups excluding carboxylic acids is 1. The number of aromatic nitrogens is 3. The molecule has 11 heteroatoms. The number of carboxylic acid groups (broad SMARTS) is 1. The minimum atomic E-state index is -1.31. The fourth-order valence-electron chi connectivity index (χ4n) is 3.65. The first-order valence-electron chi connectivity index (χ1n) is 11.8. The predicted molar refractivity (Wildman–Crippen MR) is 135 cm³/mol. The van der Waals surface area contributed by atoms with Crippen molar-refractivity contribution in [3.63, 3.8) is 0 Å². The molecule has 3 aromatic rings. The number of piperidine rings is 1. The molecule has 188 valence electrons. The van der Waals surface area contributed by atoms with E-state index in [0.29, 0.717) is 41.5 Å². The number of ether oxygens (including phenoxy) is 2. The fourth-order valence-corrected chi connectivity index (χ4v) is 3.65. The minimum Gasteiger partial charge on any atom is -0.546 e. The second-order valence-electron chi connectivity index (χ2n) is 7.99. The number of para-hydroxylation sites is 1. The molecular weight excluding hydrogens is 462 g/mol. The average Bonchev–Trinajstić information content (AvgIpc) is 2.89. The van der Waals surface area contributed by atoms with E-state index in [9.17, 15) is 9.90 Å². The number of benzene rings is 2. The molecule has 0 radical (unpaired) electrons. The van der Waals surface area contributed by atoms with Crippen molar-refractivity contribution in [2.45, 2.75) is 26.2 Å². The van der Waals surface area contributed by atoms with Crippen LogP contribution in [0.25, 0.3) is 0 Å². The largest absolute Gasteiger partial charge is 0.546 e. The maximum absolute atomic E-state index is 10.7. The normalized spacial score (nSPS) is 13.4. The van der Waals surface area contributed by atoms with Crippen molar-refractivity contribution < 1.29 is 19.4 Å². The van der Waals surface area contributed by atoms with E-state index >= 15 is 0 Å². The van der Waals surface area contributed by atoms with Crippen molar-refractivity contribution in [2.24, 2.45) is 5.10 Å². The highest BCUT2D eigenvalue weighted by Gasteiger charge is 2.16. The summed E-state index contributed by atoms with van der Waals surface area (Å²) in [4.78, 5) is 26.5. The van der Waals surface area contributed by atoms with Crippen LogP contribution in [-0.4, -0.2) is 53.4 Å². The Morgan fingerprint density at radius 1 is 1.03 bits per heavy atom. The number of hydrogen-bond acceptors (Lipinski definition) is 11. The highest BCUT2D eigenvalue weighted by Crippen LogP contribution is 2.28. The van der Waals surface area contributed by atoms with Crippen LogP contribution in [0.15, 0.2) is 53.6 Å². The van der Waals surface area contributed by atoms with Gasteiger partial charge in [0.1, 0.15) is 6.61 Å². The SMILES string of the molecule is CCOc1cc(/C=N\Nc2nc(Nc3ccccc3)nc(N3CCCCC3)n2)ccc1OCC(=O)[O-]. The standard InChI is InChI=1S/C25H29N7O4/c1-2-35-21-15-18(11-12-20(21)36-17-22(33)34)16-26-31-24-28-23(27-19-9-5-3-6-10-19)29-25(30-24)32-13-7-4-8-14-32/h3,5-6,9-12,15-16H,2,4,7-8,13-14,17H2,1H3,(H,33,34)(H2,27,28,29,30,31)/p-1/b26-16-. The molecule has 0 aliphatic carbocycles. The maximum Gasteiger partial charge on any atom is 0.250 e. The van der Waals surface area contributed by atoms with Crippen LogP contribution >= 0.6 is 0 Å². The van der Waals surface area contributed by atoms with Gasteiger partial charge >= 0.3 is 0 Å². The molecule has 0 saturated carbocycles. The third-order valence-corrected chi connectivity index (χ3v) is 5.28. The lowest BCUT2D eigenvalue weighted by Gasteiger charge is -2.26. The number of nitrogens with zero attached hydrogens (tertiary/aromatic N) is 5. The summed E-state index contributed by atoms with van der Waals surface area (Å²) in [5, 5.41) is 18.2. The van der Waals surface area contributed by atoms with Crippen molar-refractivity contribution in [2.75, 3.05) is 41.9 Å². The smallest absolute Gasteiger partial charge is 0.250 e. The van der Waals surface area contributed by atoms with Crippen LogP contribution < -0.4 is 30.2 Å². The molecule has 11 nitrogen and oxygen atoms in total. The van der Waals surface area contributed by atoms with Gasteiger partial charge in [-0.3, -0.25) is 0 Å². The molecule has 0 atom stereocenters. The highest BCUT2D eigenvalue weighted by molar-refractivity contribution is 5.81. The van der Waals surface area contributed by atoms with Gasteiger partial charge in [0.15, 0.2) is 11.5 Å². The Labute approximate surface area is 209 Å². The second kappa shape index (κ2) is 12.3. The van der Waals surface area contributed by atoms with Crippen LogP contribution in [0.3, 0.4) is 0 Å². The molecule has 0 spiro atoms. The van der Waals surface area contributed by atoms with Crippen LogP contribution in [0.2, 0.25) is 0 Å². The van der Waals surface area contributed by atoms with Gasteiger partial charge in [-0.05, 0) is 62.1 Å². The van der Waals surface area contributed by atoms with Crippen LogP contribution in [0.5, 0.6) is 11.5 Å². The average molecular weight is 491 g/mol. The molecule has 1 fully saturated rings. The van der Waals surface area contributed by atoms with Crippen LogP contribution in [0.4, 0.5) is 23.5 Å². The van der Waals surface area contributed by atoms with E-state index in [4.69, 9.17) is 9.47 Å². The predicted octanol–water partition coefficient (Wildman–Crippen LogP) is 2.58. The molecule has 4 rings (SSSR count). The molecule has 1 saturated heterocycles. The van der Waals surface area contributed by atoms with Gasteiger partial charge in [-0.2, -0.15) is 20.1 Å². The Bertz CT molecular complexity index is 1180. The molecule has 0 bridgehead atoms. The van der Waals surface area contributed by atoms with Crippen molar-refractivity contribution in [1.29, 1.82) is 0 Å². The van der Waals surface area contributed by atoms with Crippen molar-refractivity contribution in [1.82, 2.24) is 15.0 Å². The van der Waals surface area contributed by atoms with E-state index in [1.54, 1.807) is 24.4 Å². The Kier molecular flexibility index (Phi) is 8.47. The molecule has 1 aromatic heterocycles. The fraction of sp³-hybridized carbons (Fsp3) is 0.320. The van der Waals surface area contributed by atoms with Crippen molar-refractivity contribution in [3.05, 3.63) is 54.1 Å². The van der Waals surface area contributed by atoms with Gasteiger partial charge in [-0.25, -0.2) is 5.43 Å². The number of aliphatic carboxylic acids is 1. The van der Waals surface area contributed by atoms with E-state index in [1.165, 1.54) is 6.42 Å². The number of hydrazone groups is 1. The first-order chi connectivity index (χ1) is 17.6. The van der Waals surface area contributed by atoms with Gasteiger partial charge in [0.25, 0.3) is 0 Å². The number of hydrogen-bond donors (Lipinski definition) is 2. The molecular formula is C25H28N7O4-. The molecule has 2 N–H and O–H groups in total. The maximum atomic E-state index is 10.7. The molecule has 2 aromatic carbocycles. The lowest BCUT2D eigenvalue weighted by molar-refractivity contribution is -0.307. The highest BCUT2D eigenvalue weighted by atomic mass is 16.5. The van der Waals surface area contributed by atoms with E-state index in [2.05, 4.69) is 35.7 Å². The lowest BCUT2D eigenvalue weighted by atomic mass is 10.1. The summed E-state index contributed by atoms with van der Waals surface area (Å²) in [7, 11) is 0. The number of anilines is 4. The Balaban J connectivity index is 1.52. The lowest BCUT2D eigenvalue weighted by Crippen LogP contribution is -2.31. The summed E-state index contributed by atoms with van der Waals surface area (Å²) in [6.45, 7) is 3.44. The van der Waals surface area contributed by atoms with Crippen LogP contribution in [0, 0.1) is 0 Å². The van der Waals surface area contributed by atoms with Gasteiger partial charge in [0, 0.05) is 18.8 Å². The molecule has 0 unspecified atom stereocenters. The first-order valence-corrected chi connectivity index (χ1v) is 11.8. The molecule has 1 aliphatic heterocycles. The summed E-state index contributed by atoms with van der Waals surface area (Å²) >= 11 is 0. The third kappa shape index (κ3) is 7.05. The quantitative estimate of drug-likeness (QED) is 0.305. The number of carbonyl (C=O) groups is 1. The topological polar surface area (TPSA) is 137 Å². The molecule has 36 heavy (non-hydrogen) atoms. The van der Waals surface area contributed by atoms with Gasteiger partial charge in [0.05, 0.1) is 18.8 Å². The molecule has 2 heterocycles. The number of rotatable bonds is 11. The zero-order valence-corrected chi connectivity index (χ0v) is 20.0. The van der Waals surface area contributed by atoms with Crippen molar-refractivity contribution in [3.8, 4) is 11.5 Å². The zero-order chi connectivity index (χ0) is 25.2. The number of carboxylic acids is 1. The van der Waals surface area contributed by atoms with Crippen molar-refractivity contribution >= 4 is 35.7 Å². The first kappa shape index (κ1) is 24.7. The summed E-state index contributed by atoms with van der Waals surface area (Å²) < 4.78 is 10.8. The van der Waals surface area contributed by atoms with Gasteiger partial charge in [0.2, 0.25) is 17.8 Å². The third-order valence-electron chi connectivity index (χ3n) is 5.28. The van der Waals surface area contributed by atoms with Gasteiger partial charge in [-0.15, -0.1) is 0 Å². The summed E-state index contributed by atoms with van der Waals surface area (Å²) in [6.07, 6.45) is 4.98. The Morgan fingerprint density at radius 3 is 2.56 bits per heavy atom. The van der Waals surface area contributed by atoms with E-state index < -0.39 is 12.6 Å². The Morgan fingerprint density at radius 2 is 1.81 bits per heavy atom. The molecule has 0 amide bonds. The molecule has 1 aliphatic rings. The number of nitrogens with one attached hydrogen (secondary N) is 2. The summed E-state index contributed by atoms with van der Waals surface area (Å²) in [6, 6.07) is 14.7. The van der Waals surface area contributed by atoms with Gasteiger partial charge < -0.3 is 29.6 Å². The van der Waals surface area contributed by atoms with Gasteiger partial charge in [-0.1, -0.05) is 18.2 Å². The van der Waals surface area contributed by atoms with E-state index in [-0.39, 0.29) is 0 Å². The van der Waals surface area contributed by atoms with E-state index in [1.807, 2.05) is 37.3 Å². The minimum absolute atomic E-state index is 0.305. The summed E-state index contributed by atoms with van der Waals surface area (Å²) in [5.74, 6) is 0.723. The van der Waals surface area contributed by atoms with E-state index in [0.717, 1.165) is 31.6 Å².